The number of imidazole rings is 1. The number of nitrogens with zero attached hydrogens (tertiary/aromatic N) is 3. The molecule has 0 bridgehead atoms. The quantitative estimate of drug-likeness (QED) is 0.572. The van der Waals surface area contributed by atoms with Crippen LogP contribution in [0.4, 0.5) is 5.69 Å². The fraction of sp³-hybridized carbons (Fsp3) is 0.235. The summed E-state index contributed by atoms with van der Waals surface area (Å²) in [6.45, 7) is 1.12. The number of hydrogen-bond acceptors (Lipinski definition) is 5. The van der Waals surface area contributed by atoms with Gasteiger partial charge in [-0.15, -0.1) is 0 Å². The van der Waals surface area contributed by atoms with E-state index in [9.17, 15) is 4.79 Å². The molecule has 0 fully saturated rings. The van der Waals surface area contributed by atoms with Gasteiger partial charge in [-0.05, 0) is 36.8 Å². The Balaban J connectivity index is 1.56. The highest BCUT2D eigenvalue weighted by Gasteiger charge is 2.05. The van der Waals surface area contributed by atoms with Crippen LogP contribution in [0.5, 0.6) is 0 Å². The van der Waals surface area contributed by atoms with Crippen LogP contribution in [0.15, 0.2) is 48.9 Å². The predicted molar refractivity (Wildman–Crippen MR) is 90.8 cm³/mol. The number of aliphatic hydroxyl groups excluding tert-OH is 1. The van der Waals surface area contributed by atoms with E-state index in [1.54, 1.807) is 18.3 Å². The van der Waals surface area contributed by atoms with Crippen LogP contribution in [0.3, 0.4) is 0 Å². The fourth-order valence-corrected chi connectivity index (χ4v) is 2.28. The van der Waals surface area contributed by atoms with E-state index < -0.39 is 0 Å². The Kier molecular flexibility index (Phi) is 5.02. The number of carbonyl (C=O) groups is 1. The van der Waals surface area contributed by atoms with Gasteiger partial charge in [0.25, 0.3) is 5.91 Å². The molecule has 7 heteroatoms. The van der Waals surface area contributed by atoms with Crippen LogP contribution >= 0.6 is 0 Å². The molecule has 0 saturated heterocycles. The Hall–Kier alpha value is -2.93. The van der Waals surface area contributed by atoms with Crippen molar-refractivity contribution in [2.45, 2.75) is 13.0 Å². The van der Waals surface area contributed by atoms with E-state index in [2.05, 4.69) is 20.6 Å². The number of anilines is 1. The molecular weight excluding hydrogens is 306 g/mol. The van der Waals surface area contributed by atoms with Crippen molar-refractivity contribution in [3.8, 4) is 0 Å². The number of nitrogens with one attached hydrogen (secondary N) is 2. The molecule has 0 aliphatic carbocycles. The normalized spacial score (nSPS) is 10.7. The van der Waals surface area contributed by atoms with Gasteiger partial charge in [-0.3, -0.25) is 9.20 Å². The first kappa shape index (κ1) is 15.9. The second kappa shape index (κ2) is 7.56. The second-order valence-corrected chi connectivity index (χ2v) is 5.32. The molecule has 24 heavy (non-hydrogen) atoms. The molecular formula is C17H19N5O2. The third kappa shape index (κ3) is 3.88. The zero-order valence-corrected chi connectivity index (χ0v) is 13.1. The average molecular weight is 325 g/mol. The predicted octanol–water partition coefficient (Wildman–Crippen LogP) is 1.45. The van der Waals surface area contributed by atoms with Crippen molar-refractivity contribution < 1.29 is 9.90 Å². The van der Waals surface area contributed by atoms with Gasteiger partial charge in [0, 0.05) is 43.0 Å². The summed E-state index contributed by atoms with van der Waals surface area (Å²) in [6, 6.07) is 9.10. The van der Waals surface area contributed by atoms with Gasteiger partial charge in [0.15, 0.2) is 0 Å². The van der Waals surface area contributed by atoms with Crippen molar-refractivity contribution in [1.29, 1.82) is 0 Å². The molecule has 0 spiro atoms. The minimum Gasteiger partial charge on any atom is -0.396 e. The molecule has 0 aliphatic heterocycles. The van der Waals surface area contributed by atoms with Gasteiger partial charge in [-0.2, -0.15) is 0 Å². The number of rotatable bonds is 7. The maximum absolute atomic E-state index is 11.9. The molecule has 3 N–H and O–H groups in total. The highest BCUT2D eigenvalue weighted by atomic mass is 16.3. The van der Waals surface area contributed by atoms with Crippen molar-refractivity contribution in [1.82, 2.24) is 19.7 Å². The summed E-state index contributed by atoms with van der Waals surface area (Å²) in [6.07, 6.45) is 6.10. The van der Waals surface area contributed by atoms with Crippen LogP contribution in [0.2, 0.25) is 0 Å². The molecule has 3 aromatic rings. The van der Waals surface area contributed by atoms with Crippen molar-refractivity contribution in [3.63, 3.8) is 0 Å². The summed E-state index contributed by atoms with van der Waals surface area (Å²) >= 11 is 0. The number of carbonyl (C=O) groups excluding carboxylic acids is 1. The van der Waals surface area contributed by atoms with E-state index in [4.69, 9.17) is 5.11 Å². The van der Waals surface area contributed by atoms with Gasteiger partial charge in [0.05, 0.1) is 12.2 Å². The maximum atomic E-state index is 11.9. The zero-order valence-electron chi connectivity index (χ0n) is 13.1. The molecule has 124 valence electrons. The van der Waals surface area contributed by atoms with Crippen LogP contribution in [0.1, 0.15) is 22.5 Å². The topological polar surface area (TPSA) is 91.5 Å². The average Bonchev–Trinajstić information content (AvgIpc) is 3.03. The lowest BCUT2D eigenvalue weighted by atomic mass is 10.2. The van der Waals surface area contributed by atoms with Crippen LogP contribution in [-0.2, 0) is 6.54 Å². The maximum Gasteiger partial charge on any atom is 0.251 e. The number of amides is 1. The molecule has 2 heterocycles. The molecule has 0 atom stereocenters. The Morgan fingerprint density at radius 3 is 2.83 bits per heavy atom. The number of aliphatic hydroxyl groups is 1. The number of benzene rings is 1. The zero-order chi connectivity index (χ0) is 16.8. The number of fused-ring (bicyclic) bond motifs is 1. The van der Waals surface area contributed by atoms with E-state index in [0.29, 0.717) is 30.9 Å². The lowest BCUT2D eigenvalue weighted by molar-refractivity contribution is 0.0951. The molecule has 0 radical (unpaired) electrons. The summed E-state index contributed by atoms with van der Waals surface area (Å²) in [5, 5.41) is 14.7. The second-order valence-electron chi connectivity index (χ2n) is 5.32. The molecule has 1 aromatic carbocycles. The van der Waals surface area contributed by atoms with Crippen LogP contribution < -0.4 is 10.6 Å². The molecule has 3 rings (SSSR count). The van der Waals surface area contributed by atoms with Gasteiger partial charge in [0.2, 0.25) is 5.78 Å². The van der Waals surface area contributed by atoms with Gasteiger partial charge in [-0.25, -0.2) is 9.97 Å². The molecule has 2 aromatic heterocycles. The number of aromatic nitrogens is 3. The van der Waals surface area contributed by atoms with Crippen molar-refractivity contribution in [2.75, 3.05) is 18.5 Å². The highest BCUT2D eigenvalue weighted by Crippen LogP contribution is 2.11. The molecule has 0 aliphatic rings. The monoisotopic (exact) mass is 325 g/mol. The first-order valence-corrected chi connectivity index (χ1v) is 7.78. The summed E-state index contributed by atoms with van der Waals surface area (Å²) in [7, 11) is 0. The Labute approximate surface area is 139 Å². The Morgan fingerprint density at radius 2 is 2.08 bits per heavy atom. The standard InChI is InChI=1S/C17H19N5O2/c23-10-2-8-18-16(24)13-3-5-14(6-4-13)20-11-15-12-22-9-1-7-19-17(22)21-15/h1,3-7,9,12,20,23H,2,8,10-11H2,(H,18,24). The van der Waals surface area contributed by atoms with Crippen LogP contribution in [0.25, 0.3) is 5.78 Å². The highest BCUT2D eigenvalue weighted by molar-refractivity contribution is 5.94. The lowest BCUT2D eigenvalue weighted by Gasteiger charge is -2.07. The molecule has 0 unspecified atom stereocenters. The first-order valence-electron chi connectivity index (χ1n) is 7.78. The van der Waals surface area contributed by atoms with Gasteiger partial charge >= 0.3 is 0 Å². The third-order valence-electron chi connectivity index (χ3n) is 3.53. The molecule has 1 amide bonds. The lowest BCUT2D eigenvalue weighted by Crippen LogP contribution is -2.24. The third-order valence-corrected chi connectivity index (χ3v) is 3.53. The van der Waals surface area contributed by atoms with Crippen LogP contribution in [0, 0.1) is 0 Å². The summed E-state index contributed by atoms with van der Waals surface area (Å²) in [4.78, 5) is 20.5. The van der Waals surface area contributed by atoms with Crippen molar-refractivity contribution >= 4 is 17.4 Å². The largest absolute Gasteiger partial charge is 0.396 e. The Morgan fingerprint density at radius 1 is 1.25 bits per heavy atom. The van der Waals surface area contributed by atoms with E-state index in [1.165, 1.54) is 0 Å². The fourth-order valence-electron chi connectivity index (χ4n) is 2.28. The van der Waals surface area contributed by atoms with Crippen molar-refractivity contribution in [2.24, 2.45) is 0 Å². The molecule has 7 nitrogen and oxygen atoms in total. The van der Waals surface area contributed by atoms with Crippen molar-refractivity contribution in [3.05, 3.63) is 60.2 Å². The summed E-state index contributed by atoms with van der Waals surface area (Å²) in [5.74, 6) is 0.533. The Bertz CT molecular complexity index is 780. The summed E-state index contributed by atoms with van der Waals surface area (Å²) < 4.78 is 1.87. The SMILES string of the molecule is O=C(NCCCO)c1ccc(NCc2cn3cccnc3n2)cc1. The minimum atomic E-state index is -0.138. The molecule has 0 saturated carbocycles. The number of hydrogen-bond donors (Lipinski definition) is 3. The van der Waals surface area contributed by atoms with Gasteiger partial charge in [-0.1, -0.05) is 0 Å². The summed E-state index contributed by atoms with van der Waals surface area (Å²) in [5.41, 5.74) is 2.39. The smallest absolute Gasteiger partial charge is 0.251 e. The van der Waals surface area contributed by atoms with Gasteiger partial charge in [0.1, 0.15) is 0 Å². The minimum absolute atomic E-state index is 0.0711. The van der Waals surface area contributed by atoms with E-state index in [0.717, 1.165) is 11.4 Å². The van der Waals surface area contributed by atoms with E-state index >= 15 is 0 Å². The van der Waals surface area contributed by atoms with Gasteiger partial charge < -0.3 is 15.7 Å². The first-order chi connectivity index (χ1) is 11.8. The van der Waals surface area contributed by atoms with E-state index in [-0.39, 0.29) is 12.5 Å². The van der Waals surface area contributed by atoms with Crippen LogP contribution in [-0.4, -0.2) is 38.5 Å². The van der Waals surface area contributed by atoms with E-state index in [1.807, 2.05) is 35.0 Å².